The first-order chi connectivity index (χ1) is 11.1. The zero-order valence-corrected chi connectivity index (χ0v) is 15.3. The molecule has 2 aromatic heterocycles. The molecule has 126 valence electrons. The molecule has 23 heavy (non-hydrogen) atoms. The van der Waals surface area contributed by atoms with E-state index in [-0.39, 0.29) is 0 Å². The quantitative estimate of drug-likeness (QED) is 0.465. The van der Waals surface area contributed by atoms with Gasteiger partial charge in [-0.3, -0.25) is 9.67 Å². The smallest absolute Gasteiger partial charge is 0.191 e. The summed E-state index contributed by atoms with van der Waals surface area (Å²) in [6.07, 6.45) is 5.99. The molecule has 0 aliphatic rings. The van der Waals surface area contributed by atoms with Gasteiger partial charge in [-0.05, 0) is 44.9 Å². The Labute approximate surface area is 142 Å². The Morgan fingerprint density at radius 2 is 2.22 bits per heavy atom. The van der Waals surface area contributed by atoms with Gasteiger partial charge in [0.25, 0.3) is 0 Å². The zero-order valence-electron chi connectivity index (χ0n) is 14.5. The molecular weight excluding hydrogens is 306 g/mol. The van der Waals surface area contributed by atoms with E-state index in [0.29, 0.717) is 6.04 Å². The maximum Gasteiger partial charge on any atom is 0.191 e. The van der Waals surface area contributed by atoms with Crippen molar-refractivity contribution < 1.29 is 0 Å². The standard InChI is InChI=1S/C17H27N5S/c1-13-11-20-22(12-13)9-5-8-19-17(18-4)21-14(2)10-16-7-6-15(3)23-16/h6-7,11-12,14H,5,8-10H2,1-4H3,(H2,18,19,21). The van der Waals surface area contributed by atoms with Crippen LogP contribution in [0.2, 0.25) is 0 Å². The number of guanidine groups is 1. The Morgan fingerprint density at radius 1 is 1.39 bits per heavy atom. The van der Waals surface area contributed by atoms with Crippen LogP contribution in [0.4, 0.5) is 0 Å². The lowest BCUT2D eigenvalue weighted by Crippen LogP contribution is -2.43. The molecule has 5 nitrogen and oxygen atoms in total. The summed E-state index contributed by atoms with van der Waals surface area (Å²) >= 11 is 1.86. The molecule has 0 aliphatic carbocycles. The lowest BCUT2D eigenvalue weighted by atomic mass is 10.2. The predicted molar refractivity (Wildman–Crippen MR) is 98.3 cm³/mol. The van der Waals surface area contributed by atoms with Crippen LogP contribution >= 0.6 is 11.3 Å². The van der Waals surface area contributed by atoms with Crippen LogP contribution in [0.25, 0.3) is 0 Å². The first kappa shape index (κ1) is 17.5. The molecule has 0 saturated heterocycles. The number of thiophene rings is 1. The summed E-state index contributed by atoms with van der Waals surface area (Å²) in [4.78, 5) is 7.07. The van der Waals surface area contributed by atoms with Gasteiger partial charge in [0.05, 0.1) is 6.20 Å². The van der Waals surface area contributed by atoms with Gasteiger partial charge in [-0.15, -0.1) is 11.3 Å². The van der Waals surface area contributed by atoms with Gasteiger partial charge in [-0.1, -0.05) is 0 Å². The average molecular weight is 334 g/mol. The summed E-state index contributed by atoms with van der Waals surface area (Å²) in [7, 11) is 1.81. The van der Waals surface area contributed by atoms with Gasteiger partial charge < -0.3 is 10.6 Å². The summed E-state index contributed by atoms with van der Waals surface area (Å²) in [5, 5.41) is 11.1. The van der Waals surface area contributed by atoms with Gasteiger partial charge in [-0.25, -0.2) is 0 Å². The van der Waals surface area contributed by atoms with Crippen LogP contribution < -0.4 is 10.6 Å². The van der Waals surface area contributed by atoms with Crippen LogP contribution in [0.1, 0.15) is 28.7 Å². The van der Waals surface area contributed by atoms with Crippen molar-refractivity contribution in [1.29, 1.82) is 0 Å². The lowest BCUT2D eigenvalue weighted by Gasteiger charge is -2.17. The minimum absolute atomic E-state index is 0.355. The molecule has 0 aliphatic heterocycles. The molecule has 0 radical (unpaired) electrons. The highest BCUT2D eigenvalue weighted by Gasteiger charge is 2.07. The number of rotatable bonds is 7. The molecule has 6 heteroatoms. The van der Waals surface area contributed by atoms with Crippen molar-refractivity contribution in [3.63, 3.8) is 0 Å². The molecule has 0 bridgehead atoms. The molecule has 2 heterocycles. The molecule has 2 rings (SSSR count). The highest BCUT2D eigenvalue weighted by molar-refractivity contribution is 7.11. The van der Waals surface area contributed by atoms with Crippen LogP contribution in [0.3, 0.4) is 0 Å². The predicted octanol–water partition coefficient (Wildman–Crippen LogP) is 2.75. The molecule has 1 atom stereocenters. The third-order valence-corrected chi connectivity index (χ3v) is 4.55. The minimum Gasteiger partial charge on any atom is -0.356 e. The Morgan fingerprint density at radius 3 is 2.83 bits per heavy atom. The van der Waals surface area contributed by atoms with Crippen molar-refractivity contribution in [3.05, 3.63) is 39.8 Å². The van der Waals surface area contributed by atoms with E-state index in [1.807, 2.05) is 29.3 Å². The van der Waals surface area contributed by atoms with E-state index >= 15 is 0 Å². The van der Waals surface area contributed by atoms with Crippen molar-refractivity contribution in [2.24, 2.45) is 4.99 Å². The first-order valence-electron chi connectivity index (χ1n) is 8.08. The third-order valence-electron chi connectivity index (χ3n) is 3.53. The minimum atomic E-state index is 0.355. The lowest BCUT2D eigenvalue weighted by molar-refractivity contribution is 0.565. The Bertz CT molecular complexity index is 628. The summed E-state index contributed by atoms with van der Waals surface area (Å²) < 4.78 is 1.98. The summed E-state index contributed by atoms with van der Waals surface area (Å²) in [6, 6.07) is 4.74. The zero-order chi connectivity index (χ0) is 16.7. The molecule has 2 N–H and O–H groups in total. The first-order valence-corrected chi connectivity index (χ1v) is 8.90. The van der Waals surface area contributed by atoms with Crippen molar-refractivity contribution >= 4 is 17.3 Å². The molecule has 0 fully saturated rings. The highest BCUT2D eigenvalue weighted by atomic mass is 32.1. The topological polar surface area (TPSA) is 54.2 Å². The van der Waals surface area contributed by atoms with Crippen molar-refractivity contribution in [2.45, 2.75) is 46.2 Å². The SMILES string of the molecule is CN=C(NCCCn1cc(C)cn1)NC(C)Cc1ccc(C)s1. The van der Waals surface area contributed by atoms with Crippen LogP contribution in [0.5, 0.6) is 0 Å². The molecule has 0 amide bonds. The summed E-state index contributed by atoms with van der Waals surface area (Å²) in [6.45, 7) is 8.19. The molecule has 0 spiro atoms. The summed E-state index contributed by atoms with van der Waals surface area (Å²) in [5.74, 6) is 0.863. The fourth-order valence-electron chi connectivity index (χ4n) is 2.41. The second kappa shape index (κ2) is 8.72. The van der Waals surface area contributed by atoms with Crippen LogP contribution in [-0.2, 0) is 13.0 Å². The van der Waals surface area contributed by atoms with Crippen molar-refractivity contribution in [2.75, 3.05) is 13.6 Å². The number of hydrogen-bond donors (Lipinski definition) is 2. The van der Waals surface area contributed by atoms with E-state index in [1.165, 1.54) is 15.3 Å². The molecule has 2 aromatic rings. The third kappa shape index (κ3) is 6.06. The van der Waals surface area contributed by atoms with Crippen LogP contribution in [0.15, 0.2) is 29.5 Å². The fourth-order valence-corrected chi connectivity index (χ4v) is 3.43. The highest BCUT2D eigenvalue weighted by Crippen LogP contribution is 2.16. The van der Waals surface area contributed by atoms with Crippen LogP contribution in [-0.4, -0.2) is 35.4 Å². The van der Waals surface area contributed by atoms with E-state index in [2.05, 4.69) is 59.8 Å². The molecule has 1 unspecified atom stereocenters. The number of hydrogen-bond acceptors (Lipinski definition) is 3. The van der Waals surface area contributed by atoms with E-state index in [9.17, 15) is 0 Å². The number of aliphatic imine (C=N–C) groups is 1. The number of aromatic nitrogens is 2. The molecule has 0 saturated carbocycles. The van der Waals surface area contributed by atoms with E-state index in [4.69, 9.17) is 0 Å². The van der Waals surface area contributed by atoms with Gasteiger partial charge >= 0.3 is 0 Å². The second-order valence-electron chi connectivity index (χ2n) is 5.90. The Balaban J connectivity index is 1.68. The Hall–Kier alpha value is -1.82. The number of nitrogens with zero attached hydrogens (tertiary/aromatic N) is 3. The maximum absolute atomic E-state index is 4.30. The van der Waals surface area contributed by atoms with Crippen molar-refractivity contribution in [1.82, 2.24) is 20.4 Å². The number of aryl methyl sites for hydroxylation is 3. The van der Waals surface area contributed by atoms with Gasteiger partial charge in [0.1, 0.15) is 0 Å². The van der Waals surface area contributed by atoms with Gasteiger partial charge in [0, 0.05) is 48.6 Å². The molecule has 0 aromatic carbocycles. The van der Waals surface area contributed by atoms with Crippen LogP contribution in [0, 0.1) is 13.8 Å². The van der Waals surface area contributed by atoms with Gasteiger partial charge in [-0.2, -0.15) is 5.10 Å². The largest absolute Gasteiger partial charge is 0.356 e. The van der Waals surface area contributed by atoms with Gasteiger partial charge in [0.15, 0.2) is 5.96 Å². The van der Waals surface area contributed by atoms with Crippen molar-refractivity contribution in [3.8, 4) is 0 Å². The summed E-state index contributed by atoms with van der Waals surface area (Å²) in [5.41, 5.74) is 1.20. The van der Waals surface area contributed by atoms with E-state index < -0.39 is 0 Å². The van der Waals surface area contributed by atoms with E-state index in [0.717, 1.165) is 31.9 Å². The second-order valence-corrected chi connectivity index (χ2v) is 7.27. The fraction of sp³-hybridized carbons (Fsp3) is 0.529. The normalized spacial score (nSPS) is 13.1. The van der Waals surface area contributed by atoms with Gasteiger partial charge in [0.2, 0.25) is 0 Å². The Kier molecular flexibility index (Phi) is 6.65. The number of nitrogens with one attached hydrogen (secondary N) is 2. The average Bonchev–Trinajstić information content (AvgIpc) is 3.10. The van der Waals surface area contributed by atoms with E-state index in [1.54, 1.807) is 0 Å². The maximum atomic E-state index is 4.30. The monoisotopic (exact) mass is 333 g/mol. The molecular formula is C17H27N5S.